The summed E-state index contributed by atoms with van der Waals surface area (Å²) in [7, 11) is 0. The Kier molecular flexibility index (Phi) is 3.26. The SMILES string of the molecule is Fc1cc(Cl)ccc1Nc1nnc(CCl)o1. The van der Waals surface area contributed by atoms with Gasteiger partial charge >= 0.3 is 6.01 Å². The van der Waals surface area contributed by atoms with Gasteiger partial charge in [-0.05, 0) is 18.2 Å². The minimum atomic E-state index is -0.502. The number of rotatable bonds is 3. The van der Waals surface area contributed by atoms with E-state index < -0.39 is 5.82 Å². The van der Waals surface area contributed by atoms with E-state index >= 15 is 0 Å². The van der Waals surface area contributed by atoms with Crippen LogP contribution in [0, 0.1) is 5.82 Å². The third kappa shape index (κ3) is 2.43. The average Bonchev–Trinajstić information content (AvgIpc) is 2.70. The van der Waals surface area contributed by atoms with Gasteiger partial charge < -0.3 is 9.73 Å². The molecule has 0 unspecified atom stereocenters. The molecule has 0 aliphatic carbocycles. The Bertz CT molecular complexity index is 503. The second kappa shape index (κ2) is 4.67. The molecular formula is C9H6Cl2FN3O. The topological polar surface area (TPSA) is 51.0 Å². The zero-order chi connectivity index (χ0) is 11.5. The molecule has 16 heavy (non-hydrogen) atoms. The Morgan fingerprint density at radius 1 is 1.38 bits per heavy atom. The van der Waals surface area contributed by atoms with Gasteiger partial charge in [-0.3, -0.25) is 0 Å². The van der Waals surface area contributed by atoms with Gasteiger partial charge in [-0.1, -0.05) is 16.7 Å². The number of alkyl halides is 1. The van der Waals surface area contributed by atoms with E-state index in [4.69, 9.17) is 27.6 Å². The highest BCUT2D eigenvalue weighted by Gasteiger charge is 2.08. The van der Waals surface area contributed by atoms with Crippen LogP contribution in [0.5, 0.6) is 0 Å². The molecule has 2 rings (SSSR count). The van der Waals surface area contributed by atoms with Crippen LogP contribution in [-0.2, 0) is 5.88 Å². The maximum absolute atomic E-state index is 13.4. The van der Waals surface area contributed by atoms with Crippen molar-refractivity contribution in [2.75, 3.05) is 5.32 Å². The number of halogens is 3. The number of benzene rings is 1. The number of hydrogen-bond acceptors (Lipinski definition) is 4. The van der Waals surface area contributed by atoms with Crippen molar-refractivity contribution in [3.05, 3.63) is 34.9 Å². The minimum absolute atomic E-state index is 0.0804. The smallest absolute Gasteiger partial charge is 0.320 e. The Labute approximate surface area is 100 Å². The van der Waals surface area contributed by atoms with Crippen LogP contribution in [0.4, 0.5) is 16.1 Å². The Morgan fingerprint density at radius 2 is 2.19 bits per heavy atom. The Morgan fingerprint density at radius 3 is 2.81 bits per heavy atom. The van der Waals surface area contributed by atoms with E-state index in [0.29, 0.717) is 5.02 Å². The van der Waals surface area contributed by atoms with Crippen molar-refractivity contribution in [3.63, 3.8) is 0 Å². The van der Waals surface area contributed by atoms with Gasteiger partial charge in [0.2, 0.25) is 5.89 Å². The first kappa shape index (κ1) is 11.2. The fraction of sp³-hybridized carbons (Fsp3) is 0.111. The van der Waals surface area contributed by atoms with Gasteiger partial charge in [0.15, 0.2) is 0 Å². The first-order chi connectivity index (χ1) is 7.69. The summed E-state index contributed by atoms with van der Waals surface area (Å²) in [6, 6.07) is 4.29. The molecule has 4 nitrogen and oxygen atoms in total. The number of nitrogens with zero attached hydrogens (tertiary/aromatic N) is 2. The molecule has 7 heteroatoms. The van der Waals surface area contributed by atoms with E-state index in [2.05, 4.69) is 15.5 Å². The predicted molar refractivity (Wildman–Crippen MR) is 58.5 cm³/mol. The van der Waals surface area contributed by atoms with E-state index in [1.165, 1.54) is 12.1 Å². The van der Waals surface area contributed by atoms with Crippen LogP contribution in [0.15, 0.2) is 22.6 Å². The summed E-state index contributed by atoms with van der Waals surface area (Å²) in [6.45, 7) is 0. The van der Waals surface area contributed by atoms with Crippen LogP contribution in [0.2, 0.25) is 5.02 Å². The molecule has 1 aromatic carbocycles. The Hall–Kier alpha value is -1.33. The van der Waals surface area contributed by atoms with Gasteiger partial charge in [0.05, 0.1) is 5.69 Å². The second-order valence-electron chi connectivity index (χ2n) is 2.88. The van der Waals surface area contributed by atoms with Crippen molar-refractivity contribution in [1.82, 2.24) is 10.2 Å². The maximum atomic E-state index is 13.4. The maximum Gasteiger partial charge on any atom is 0.320 e. The van der Waals surface area contributed by atoms with Crippen LogP contribution in [0.1, 0.15) is 5.89 Å². The van der Waals surface area contributed by atoms with Gasteiger partial charge in [0, 0.05) is 5.02 Å². The molecule has 0 amide bonds. The zero-order valence-corrected chi connectivity index (χ0v) is 9.39. The number of hydrogen-bond donors (Lipinski definition) is 1. The molecule has 0 atom stereocenters. The summed E-state index contributed by atoms with van der Waals surface area (Å²) in [5.41, 5.74) is 0.203. The van der Waals surface area contributed by atoms with E-state index in [0.717, 1.165) is 0 Å². The van der Waals surface area contributed by atoms with E-state index in [9.17, 15) is 4.39 Å². The highest BCUT2D eigenvalue weighted by atomic mass is 35.5. The summed E-state index contributed by atoms with van der Waals surface area (Å²) < 4.78 is 18.4. The molecule has 0 aliphatic rings. The van der Waals surface area contributed by atoms with Crippen molar-refractivity contribution in [1.29, 1.82) is 0 Å². The fourth-order valence-electron chi connectivity index (χ4n) is 1.06. The molecule has 0 radical (unpaired) electrons. The standard InChI is InChI=1S/C9H6Cl2FN3O/c10-4-8-14-15-9(16-8)13-7-2-1-5(11)3-6(7)12/h1-3H,4H2,(H,13,15). The van der Waals surface area contributed by atoms with Crippen molar-refractivity contribution in [2.24, 2.45) is 0 Å². The molecule has 0 bridgehead atoms. The highest BCUT2D eigenvalue weighted by molar-refractivity contribution is 6.30. The second-order valence-corrected chi connectivity index (χ2v) is 3.59. The lowest BCUT2D eigenvalue weighted by atomic mass is 10.3. The lowest BCUT2D eigenvalue weighted by Crippen LogP contribution is -1.93. The third-order valence-electron chi connectivity index (χ3n) is 1.75. The minimum Gasteiger partial charge on any atom is -0.407 e. The van der Waals surface area contributed by atoms with Crippen LogP contribution in [0.3, 0.4) is 0 Å². The van der Waals surface area contributed by atoms with Crippen LogP contribution < -0.4 is 5.32 Å². The quantitative estimate of drug-likeness (QED) is 0.862. The number of anilines is 2. The van der Waals surface area contributed by atoms with Crippen LogP contribution in [-0.4, -0.2) is 10.2 Å². The largest absolute Gasteiger partial charge is 0.407 e. The van der Waals surface area contributed by atoms with Crippen LogP contribution >= 0.6 is 23.2 Å². The van der Waals surface area contributed by atoms with Crippen LogP contribution in [0.25, 0.3) is 0 Å². The average molecular weight is 262 g/mol. The Balaban J connectivity index is 2.20. The zero-order valence-electron chi connectivity index (χ0n) is 7.88. The summed E-state index contributed by atoms with van der Waals surface area (Å²) in [5.74, 6) is -0.130. The molecule has 2 aromatic rings. The van der Waals surface area contributed by atoms with E-state index in [-0.39, 0.29) is 23.5 Å². The summed E-state index contributed by atoms with van der Waals surface area (Å²) in [5, 5.41) is 10.2. The summed E-state index contributed by atoms with van der Waals surface area (Å²) >= 11 is 11.1. The molecule has 0 fully saturated rings. The monoisotopic (exact) mass is 261 g/mol. The lowest BCUT2D eigenvalue weighted by molar-refractivity contribution is 0.529. The van der Waals surface area contributed by atoms with E-state index in [1.807, 2.05) is 0 Å². The molecule has 0 spiro atoms. The first-order valence-electron chi connectivity index (χ1n) is 4.29. The van der Waals surface area contributed by atoms with Crippen molar-refractivity contribution >= 4 is 34.9 Å². The molecule has 0 aliphatic heterocycles. The first-order valence-corrected chi connectivity index (χ1v) is 5.20. The molecule has 0 saturated heterocycles. The molecular weight excluding hydrogens is 256 g/mol. The predicted octanol–water partition coefficient (Wildman–Crippen LogP) is 3.34. The van der Waals surface area contributed by atoms with Gasteiger partial charge in [0.1, 0.15) is 11.7 Å². The molecule has 1 heterocycles. The fourth-order valence-corrected chi connectivity index (χ4v) is 1.33. The molecule has 1 aromatic heterocycles. The van der Waals surface area contributed by atoms with Crippen molar-refractivity contribution in [2.45, 2.75) is 5.88 Å². The lowest BCUT2D eigenvalue weighted by Gasteiger charge is -2.02. The van der Waals surface area contributed by atoms with Gasteiger partial charge in [-0.25, -0.2) is 4.39 Å². The molecule has 84 valence electrons. The third-order valence-corrected chi connectivity index (χ3v) is 2.22. The van der Waals surface area contributed by atoms with Gasteiger partial charge in [-0.2, -0.15) is 0 Å². The molecule has 0 saturated carbocycles. The van der Waals surface area contributed by atoms with Crippen molar-refractivity contribution in [3.8, 4) is 0 Å². The number of nitrogens with one attached hydrogen (secondary N) is 1. The number of aromatic nitrogens is 2. The highest BCUT2D eigenvalue weighted by Crippen LogP contribution is 2.22. The summed E-state index contributed by atoms with van der Waals surface area (Å²) in [4.78, 5) is 0. The normalized spacial score (nSPS) is 10.4. The van der Waals surface area contributed by atoms with E-state index in [1.54, 1.807) is 6.07 Å². The van der Waals surface area contributed by atoms with Crippen molar-refractivity contribution < 1.29 is 8.81 Å². The van der Waals surface area contributed by atoms with Gasteiger partial charge in [-0.15, -0.1) is 16.7 Å². The molecule has 1 N–H and O–H groups in total. The summed E-state index contributed by atoms with van der Waals surface area (Å²) in [6.07, 6.45) is 0. The van der Waals surface area contributed by atoms with Gasteiger partial charge in [0.25, 0.3) is 0 Å².